The maximum Gasteiger partial charge on any atom is 0.324 e. The van der Waals surface area contributed by atoms with Gasteiger partial charge in [-0.25, -0.2) is 13.2 Å². The molecule has 0 atom stereocenters. The van der Waals surface area contributed by atoms with E-state index in [0.717, 1.165) is 13.0 Å². The SMILES string of the molecule is CCCN1CCN(c2ccc(S(=O)(=O)Nc3cccc(OC)c3)cc2)C1=O. The first kappa shape index (κ1) is 19.0. The van der Waals surface area contributed by atoms with Crippen molar-refractivity contribution in [3.63, 3.8) is 0 Å². The van der Waals surface area contributed by atoms with E-state index in [0.29, 0.717) is 30.2 Å². The first-order chi connectivity index (χ1) is 12.9. The zero-order valence-electron chi connectivity index (χ0n) is 15.4. The van der Waals surface area contributed by atoms with Crippen molar-refractivity contribution < 1.29 is 17.9 Å². The van der Waals surface area contributed by atoms with Crippen LogP contribution in [-0.2, 0) is 10.0 Å². The maximum absolute atomic E-state index is 12.6. The smallest absolute Gasteiger partial charge is 0.324 e. The molecule has 8 heteroatoms. The Morgan fingerprint density at radius 1 is 1.11 bits per heavy atom. The molecule has 1 fully saturated rings. The molecule has 144 valence electrons. The van der Waals surface area contributed by atoms with Crippen LogP contribution in [0.25, 0.3) is 0 Å². The lowest BCUT2D eigenvalue weighted by Gasteiger charge is -2.18. The number of anilines is 2. The highest BCUT2D eigenvalue weighted by molar-refractivity contribution is 7.92. The van der Waals surface area contributed by atoms with Gasteiger partial charge in [-0.1, -0.05) is 13.0 Å². The number of rotatable bonds is 7. The molecular weight excluding hydrogens is 366 g/mol. The molecule has 2 aromatic carbocycles. The van der Waals surface area contributed by atoms with Gasteiger partial charge in [0.05, 0.1) is 17.7 Å². The Kier molecular flexibility index (Phi) is 5.55. The average Bonchev–Trinajstić information content (AvgIpc) is 3.02. The maximum atomic E-state index is 12.6. The van der Waals surface area contributed by atoms with Gasteiger partial charge in [-0.05, 0) is 42.8 Å². The fourth-order valence-electron chi connectivity index (χ4n) is 3.01. The van der Waals surface area contributed by atoms with E-state index in [-0.39, 0.29) is 10.9 Å². The Labute approximate surface area is 159 Å². The number of sulfonamides is 1. The van der Waals surface area contributed by atoms with Gasteiger partial charge >= 0.3 is 6.03 Å². The number of nitrogens with zero attached hydrogens (tertiary/aromatic N) is 2. The average molecular weight is 389 g/mol. The van der Waals surface area contributed by atoms with E-state index in [1.54, 1.807) is 46.2 Å². The molecule has 2 aromatic rings. The van der Waals surface area contributed by atoms with E-state index in [1.165, 1.54) is 19.2 Å². The van der Waals surface area contributed by atoms with Gasteiger partial charge in [-0.2, -0.15) is 0 Å². The summed E-state index contributed by atoms with van der Waals surface area (Å²) in [5.41, 5.74) is 1.11. The molecule has 1 heterocycles. The largest absolute Gasteiger partial charge is 0.497 e. The molecule has 1 aliphatic rings. The summed E-state index contributed by atoms with van der Waals surface area (Å²) in [6, 6.07) is 13.0. The van der Waals surface area contributed by atoms with Gasteiger partial charge in [-0.3, -0.25) is 9.62 Å². The molecule has 0 bridgehead atoms. The second-order valence-electron chi connectivity index (χ2n) is 6.25. The number of hydrogen-bond donors (Lipinski definition) is 1. The van der Waals surface area contributed by atoms with Crippen LogP contribution in [0.5, 0.6) is 5.75 Å². The van der Waals surface area contributed by atoms with Crippen LogP contribution >= 0.6 is 0 Å². The predicted octanol–water partition coefficient (Wildman–Crippen LogP) is 3.15. The minimum absolute atomic E-state index is 0.0398. The van der Waals surface area contributed by atoms with Gasteiger partial charge in [0.15, 0.2) is 0 Å². The second kappa shape index (κ2) is 7.87. The third-order valence-corrected chi connectivity index (χ3v) is 5.77. The summed E-state index contributed by atoms with van der Waals surface area (Å²) in [5, 5.41) is 0. The molecular formula is C19H23N3O4S. The highest BCUT2D eigenvalue weighted by Gasteiger charge is 2.29. The van der Waals surface area contributed by atoms with Gasteiger partial charge in [-0.15, -0.1) is 0 Å². The number of carbonyl (C=O) groups excluding carboxylic acids is 1. The van der Waals surface area contributed by atoms with Crippen molar-refractivity contribution in [3.8, 4) is 5.75 Å². The number of amides is 2. The zero-order valence-corrected chi connectivity index (χ0v) is 16.2. The third kappa shape index (κ3) is 4.16. The zero-order chi connectivity index (χ0) is 19.4. The van der Waals surface area contributed by atoms with Crippen LogP contribution in [-0.4, -0.2) is 46.1 Å². The third-order valence-electron chi connectivity index (χ3n) is 4.37. The fraction of sp³-hybridized carbons (Fsp3) is 0.316. The highest BCUT2D eigenvalue weighted by Crippen LogP contribution is 2.24. The second-order valence-corrected chi connectivity index (χ2v) is 7.94. The van der Waals surface area contributed by atoms with Crippen LogP contribution in [0.4, 0.5) is 16.2 Å². The molecule has 7 nitrogen and oxygen atoms in total. The van der Waals surface area contributed by atoms with Crippen LogP contribution in [0.2, 0.25) is 0 Å². The number of ether oxygens (including phenoxy) is 1. The topological polar surface area (TPSA) is 79.0 Å². The number of carbonyl (C=O) groups is 1. The van der Waals surface area contributed by atoms with Crippen molar-refractivity contribution in [2.75, 3.05) is 36.4 Å². The van der Waals surface area contributed by atoms with Crippen molar-refractivity contribution in [1.82, 2.24) is 4.90 Å². The number of nitrogens with one attached hydrogen (secondary N) is 1. The molecule has 0 aliphatic carbocycles. The minimum atomic E-state index is -3.73. The summed E-state index contributed by atoms with van der Waals surface area (Å²) in [7, 11) is -2.21. The molecule has 3 rings (SSSR count). The predicted molar refractivity (Wildman–Crippen MR) is 105 cm³/mol. The molecule has 0 unspecified atom stereocenters. The van der Waals surface area contributed by atoms with E-state index in [1.807, 2.05) is 6.92 Å². The Morgan fingerprint density at radius 2 is 1.85 bits per heavy atom. The summed E-state index contributed by atoms with van der Waals surface area (Å²) in [4.78, 5) is 16.0. The van der Waals surface area contributed by atoms with Crippen molar-refractivity contribution in [2.45, 2.75) is 18.2 Å². The summed E-state index contributed by atoms with van der Waals surface area (Å²) in [6.45, 7) is 4.05. The Morgan fingerprint density at radius 3 is 2.52 bits per heavy atom. The van der Waals surface area contributed by atoms with E-state index in [4.69, 9.17) is 4.74 Å². The molecule has 27 heavy (non-hydrogen) atoms. The quantitative estimate of drug-likeness (QED) is 0.789. The number of methoxy groups -OCH3 is 1. The molecule has 2 amide bonds. The molecule has 1 N–H and O–H groups in total. The van der Waals surface area contributed by atoms with Crippen molar-refractivity contribution >= 4 is 27.4 Å². The Bertz CT molecular complexity index is 913. The van der Waals surface area contributed by atoms with Crippen molar-refractivity contribution in [1.29, 1.82) is 0 Å². The molecule has 0 saturated carbocycles. The Hall–Kier alpha value is -2.74. The summed E-state index contributed by atoms with van der Waals surface area (Å²) >= 11 is 0. The van der Waals surface area contributed by atoms with Crippen LogP contribution < -0.4 is 14.4 Å². The van der Waals surface area contributed by atoms with Crippen LogP contribution in [0.3, 0.4) is 0 Å². The molecule has 0 aromatic heterocycles. The molecule has 1 saturated heterocycles. The lowest BCUT2D eigenvalue weighted by atomic mass is 10.3. The van der Waals surface area contributed by atoms with Crippen LogP contribution in [0, 0.1) is 0 Å². The molecule has 1 aliphatic heterocycles. The fourth-order valence-corrected chi connectivity index (χ4v) is 4.05. The lowest BCUT2D eigenvalue weighted by Crippen LogP contribution is -2.32. The normalized spacial score (nSPS) is 14.5. The standard InChI is InChI=1S/C19H23N3O4S/c1-3-11-21-12-13-22(19(21)23)16-7-9-18(10-8-16)27(24,25)20-15-5-4-6-17(14-15)26-2/h4-10,14,20H,3,11-13H2,1-2H3. The Balaban J connectivity index is 1.75. The van der Waals surface area contributed by atoms with Crippen molar-refractivity contribution in [3.05, 3.63) is 48.5 Å². The first-order valence-electron chi connectivity index (χ1n) is 8.78. The number of urea groups is 1. The first-order valence-corrected chi connectivity index (χ1v) is 10.3. The summed E-state index contributed by atoms with van der Waals surface area (Å²) in [5.74, 6) is 0.565. The van der Waals surface area contributed by atoms with Crippen molar-refractivity contribution in [2.24, 2.45) is 0 Å². The summed E-state index contributed by atoms with van der Waals surface area (Å²) in [6.07, 6.45) is 0.909. The lowest BCUT2D eigenvalue weighted by molar-refractivity contribution is 0.220. The number of benzene rings is 2. The van der Waals surface area contributed by atoms with Gasteiger partial charge < -0.3 is 9.64 Å². The van der Waals surface area contributed by atoms with Gasteiger partial charge in [0.25, 0.3) is 10.0 Å². The monoisotopic (exact) mass is 389 g/mol. The minimum Gasteiger partial charge on any atom is -0.497 e. The van der Waals surface area contributed by atoms with E-state index in [9.17, 15) is 13.2 Å². The van der Waals surface area contributed by atoms with Gasteiger partial charge in [0.1, 0.15) is 5.75 Å². The highest BCUT2D eigenvalue weighted by atomic mass is 32.2. The number of hydrogen-bond acceptors (Lipinski definition) is 4. The van der Waals surface area contributed by atoms with Gasteiger partial charge in [0.2, 0.25) is 0 Å². The van der Waals surface area contributed by atoms with Crippen LogP contribution in [0.1, 0.15) is 13.3 Å². The van der Waals surface area contributed by atoms with Crippen LogP contribution in [0.15, 0.2) is 53.4 Å². The van der Waals surface area contributed by atoms with Gasteiger partial charge in [0, 0.05) is 31.4 Å². The molecule has 0 spiro atoms. The summed E-state index contributed by atoms with van der Waals surface area (Å²) < 4.78 is 32.8. The van der Waals surface area contributed by atoms with E-state index < -0.39 is 10.0 Å². The molecule has 0 radical (unpaired) electrons. The van der Waals surface area contributed by atoms with E-state index >= 15 is 0 Å². The van der Waals surface area contributed by atoms with E-state index in [2.05, 4.69) is 4.72 Å².